The molecule has 1 aliphatic heterocycles. The maximum absolute atomic E-state index is 13.2. The van der Waals surface area contributed by atoms with E-state index in [2.05, 4.69) is 15.2 Å². The number of aryl methyl sites for hydroxylation is 1. The third kappa shape index (κ3) is 6.13. The van der Waals surface area contributed by atoms with E-state index in [0.29, 0.717) is 22.8 Å². The standard InChI is InChI=1S/C25H29ClN4O3/c1-18-5-2-6-19-15-20(24(31)28-23(18)19)17-30(10-4-9-29-11-13-33-14-12-29)25(32)27-22-8-3-7-21(26)16-22/h2-3,5-8,15-16H,4,9-14,17H2,1H3,(H,27,32)(H,28,31). The Bertz CT molecular complexity index is 1170. The Morgan fingerprint density at radius 3 is 2.76 bits per heavy atom. The molecule has 0 unspecified atom stereocenters. The van der Waals surface area contributed by atoms with Crippen LogP contribution in [0, 0.1) is 6.92 Å². The van der Waals surface area contributed by atoms with Gasteiger partial charge in [0.2, 0.25) is 0 Å². The zero-order valence-corrected chi connectivity index (χ0v) is 19.5. The first-order valence-electron chi connectivity index (χ1n) is 11.2. The van der Waals surface area contributed by atoms with Gasteiger partial charge in [0.1, 0.15) is 0 Å². The molecule has 2 amide bonds. The number of para-hydroxylation sites is 1. The van der Waals surface area contributed by atoms with Crippen molar-refractivity contribution in [3.8, 4) is 0 Å². The highest BCUT2D eigenvalue weighted by molar-refractivity contribution is 6.30. The number of rotatable bonds is 7. The van der Waals surface area contributed by atoms with Crippen LogP contribution in [0.15, 0.2) is 53.3 Å². The number of nitrogens with zero attached hydrogens (tertiary/aromatic N) is 2. The Kier molecular flexibility index (Phi) is 7.65. The zero-order valence-electron chi connectivity index (χ0n) is 18.8. The van der Waals surface area contributed by atoms with Crippen molar-refractivity contribution in [1.29, 1.82) is 0 Å². The Balaban J connectivity index is 1.52. The van der Waals surface area contributed by atoms with Crippen LogP contribution in [0.4, 0.5) is 10.5 Å². The maximum Gasteiger partial charge on any atom is 0.322 e. The van der Waals surface area contributed by atoms with E-state index in [1.54, 1.807) is 29.2 Å². The maximum atomic E-state index is 13.2. The lowest BCUT2D eigenvalue weighted by Gasteiger charge is -2.28. The number of anilines is 1. The lowest BCUT2D eigenvalue weighted by Crippen LogP contribution is -2.40. The van der Waals surface area contributed by atoms with Gasteiger partial charge >= 0.3 is 6.03 Å². The summed E-state index contributed by atoms with van der Waals surface area (Å²) in [5.41, 5.74) is 2.84. The van der Waals surface area contributed by atoms with E-state index < -0.39 is 0 Å². The molecule has 7 nitrogen and oxygen atoms in total. The second-order valence-corrected chi connectivity index (χ2v) is 8.77. The monoisotopic (exact) mass is 468 g/mol. The number of H-pyrrole nitrogens is 1. The van der Waals surface area contributed by atoms with Gasteiger partial charge in [-0.3, -0.25) is 9.69 Å². The molecule has 0 bridgehead atoms. The zero-order chi connectivity index (χ0) is 23.2. The van der Waals surface area contributed by atoms with Gasteiger partial charge in [-0.1, -0.05) is 35.9 Å². The van der Waals surface area contributed by atoms with Gasteiger partial charge < -0.3 is 19.9 Å². The molecule has 0 radical (unpaired) electrons. The van der Waals surface area contributed by atoms with Crippen LogP contribution in [0.5, 0.6) is 0 Å². The Morgan fingerprint density at radius 1 is 1.18 bits per heavy atom. The molecule has 1 saturated heterocycles. The molecule has 1 aliphatic rings. The third-order valence-corrected chi connectivity index (χ3v) is 6.13. The second-order valence-electron chi connectivity index (χ2n) is 8.33. The number of morpholine rings is 1. The van der Waals surface area contributed by atoms with Crippen molar-refractivity contribution >= 4 is 34.2 Å². The number of urea groups is 1. The number of pyridine rings is 1. The summed E-state index contributed by atoms with van der Waals surface area (Å²) in [7, 11) is 0. The first kappa shape index (κ1) is 23.3. The molecule has 3 aromatic rings. The van der Waals surface area contributed by atoms with Gasteiger partial charge in [0.25, 0.3) is 5.56 Å². The molecule has 33 heavy (non-hydrogen) atoms. The number of carbonyl (C=O) groups excluding carboxylic acids is 1. The average Bonchev–Trinajstić information content (AvgIpc) is 2.80. The number of fused-ring (bicyclic) bond motifs is 1. The van der Waals surface area contributed by atoms with Crippen LogP contribution in [0.25, 0.3) is 10.9 Å². The molecule has 0 saturated carbocycles. The van der Waals surface area contributed by atoms with E-state index in [-0.39, 0.29) is 18.1 Å². The highest BCUT2D eigenvalue weighted by atomic mass is 35.5. The van der Waals surface area contributed by atoms with Crippen LogP contribution in [0.3, 0.4) is 0 Å². The van der Waals surface area contributed by atoms with Crippen LogP contribution in [-0.2, 0) is 11.3 Å². The molecule has 2 N–H and O–H groups in total. The number of hydrogen-bond donors (Lipinski definition) is 2. The van der Waals surface area contributed by atoms with Crippen LogP contribution in [0.1, 0.15) is 17.5 Å². The number of halogens is 1. The number of carbonyl (C=O) groups is 1. The summed E-state index contributed by atoms with van der Waals surface area (Å²) in [5, 5.41) is 4.42. The van der Waals surface area contributed by atoms with Crippen molar-refractivity contribution in [1.82, 2.24) is 14.8 Å². The van der Waals surface area contributed by atoms with Gasteiger partial charge in [0.15, 0.2) is 0 Å². The molecule has 0 spiro atoms. The minimum Gasteiger partial charge on any atom is -0.379 e. The quantitative estimate of drug-likeness (QED) is 0.543. The lowest BCUT2D eigenvalue weighted by atomic mass is 10.1. The van der Waals surface area contributed by atoms with Crippen molar-refractivity contribution in [2.45, 2.75) is 19.9 Å². The first-order valence-corrected chi connectivity index (χ1v) is 11.6. The van der Waals surface area contributed by atoms with Gasteiger partial charge in [-0.15, -0.1) is 0 Å². The van der Waals surface area contributed by atoms with Crippen LogP contribution < -0.4 is 10.9 Å². The highest BCUT2D eigenvalue weighted by Gasteiger charge is 2.18. The fraction of sp³-hybridized carbons (Fsp3) is 0.360. The minimum atomic E-state index is -0.261. The SMILES string of the molecule is Cc1cccc2cc(CN(CCCN3CCOCC3)C(=O)Nc3cccc(Cl)c3)c(=O)[nH]c12. The third-order valence-electron chi connectivity index (χ3n) is 5.90. The summed E-state index contributed by atoms with van der Waals surface area (Å²) in [5.74, 6) is 0. The van der Waals surface area contributed by atoms with Gasteiger partial charge in [-0.05, 0) is 48.6 Å². The number of ether oxygens (including phenoxy) is 1. The average molecular weight is 469 g/mol. The predicted octanol–water partition coefficient (Wildman–Crippen LogP) is 4.25. The van der Waals surface area contributed by atoms with Crippen LogP contribution in [0.2, 0.25) is 5.02 Å². The first-order chi connectivity index (χ1) is 16.0. The van der Waals surface area contributed by atoms with Crippen molar-refractivity contribution in [3.63, 3.8) is 0 Å². The molecule has 0 atom stereocenters. The van der Waals surface area contributed by atoms with E-state index in [4.69, 9.17) is 16.3 Å². The fourth-order valence-corrected chi connectivity index (χ4v) is 4.27. The molecule has 1 aromatic heterocycles. The predicted molar refractivity (Wildman–Crippen MR) is 132 cm³/mol. The summed E-state index contributed by atoms with van der Waals surface area (Å²) in [6.45, 7) is 6.86. The number of benzene rings is 2. The van der Waals surface area contributed by atoms with Crippen molar-refractivity contribution in [2.24, 2.45) is 0 Å². The topological polar surface area (TPSA) is 77.7 Å². The molecule has 174 valence electrons. The summed E-state index contributed by atoms with van der Waals surface area (Å²) in [6.07, 6.45) is 0.799. The van der Waals surface area contributed by atoms with Crippen LogP contribution >= 0.6 is 11.6 Å². The summed E-state index contributed by atoms with van der Waals surface area (Å²) in [6, 6.07) is 14.6. The van der Waals surface area contributed by atoms with Crippen molar-refractivity contribution in [3.05, 3.63) is 75.0 Å². The van der Waals surface area contributed by atoms with Crippen LogP contribution in [-0.4, -0.2) is 60.2 Å². The number of nitrogens with one attached hydrogen (secondary N) is 2. The van der Waals surface area contributed by atoms with Gasteiger partial charge in [-0.2, -0.15) is 0 Å². The Hall–Kier alpha value is -2.87. The lowest BCUT2D eigenvalue weighted by molar-refractivity contribution is 0.0365. The van der Waals surface area contributed by atoms with Gasteiger partial charge in [-0.25, -0.2) is 4.79 Å². The summed E-state index contributed by atoms with van der Waals surface area (Å²) < 4.78 is 5.41. The van der Waals surface area contributed by atoms with Gasteiger partial charge in [0, 0.05) is 42.5 Å². The molecule has 2 aromatic carbocycles. The van der Waals surface area contributed by atoms with E-state index in [1.807, 2.05) is 31.2 Å². The minimum absolute atomic E-state index is 0.175. The summed E-state index contributed by atoms with van der Waals surface area (Å²) in [4.78, 5) is 33.0. The number of hydrogen-bond acceptors (Lipinski definition) is 4. The highest BCUT2D eigenvalue weighted by Crippen LogP contribution is 2.18. The van der Waals surface area contributed by atoms with E-state index >= 15 is 0 Å². The molecule has 8 heteroatoms. The molecule has 2 heterocycles. The van der Waals surface area contributed by atoms with Gasteiger partial charge in [0.05, 0.1) is 25.3 Å². The number of amides is 2. The number of aromatic amines is 1. The molecular weight excluding hydrogens is 440 g/mol. The van der Waals surface area contributed by atoms with Crippen molar-refractivity contribution in [2.75, 3.05) is 44.7 Å². The largest absolute Gasteiger partial charge is 0.379 e. The smallest absolute Gasteiger partial charge is 0.322 e. The number of aromatic nitrogens is 1. The Morgan fingerprint density at radius 2 is 1.97 bits per heavy atom. The van der Waals surface area contributed by atoms with E-state index in [9.17, 15) is 9.59 Å². The molecule has 1 fully saturated rings. The van der Waals surface area contributed by atoms with E-state index in [1.165, 1.54) is 0 Å². The normalized spacial score (nSPS) is 14.4. The Labute approximate surface area is 198 Å². The molecule has 4 rings (SSSR count). The molecular formula is C25H29ClN4O3. The van der Waals surface area contributed by atoms with Crippen molar-refractivity contribution < 1.29 is 9.53 Å². The van der Waals surface area contributed by atoms with E-state index in [0.717, 1.165) is 55.7 Å². The summed E-state index contributed by atoms with van der Waals surface area (Å²) >= 11 is 6.07. The second kappa shape index (κ2) is 10.8. The molecule has 0 aliphatic carbocycles. The fourth-order valence-electron chi connectivity index (χ4n) is 4.08.